The number of alkyl halides is 6. The van der Waals surface area contributed by atoms with E-state index in [0.29, 0.717) is 17.4 Å². The zero-order valence-corrected chi connectivity index (χ0v) is 25.5. The van der Waals surface area contributed by atoms with Gasteiger partial charge in [0.15, 0.2) is 0 Å². The van der Waals surface area contributed by atoms with E-state index in [1.54, 1.807) is 6.07 Å². The van der Waals surface area contributed by atoms with E-state index in [9.17, 15) is 30.7 Å². The molecule has 2 atom stereocenters. The van der Waals surface area contributed by atoms with Gasteiger partial charge in [0.2, 0.25) is 5.89 Å². The Bertz CT molecular complexity index is 1490. The van der Waals surface area contributed by atoms with Crippen molar-refractivity contribution in [1.82, 2.24) is 30.1 Å². The molecule has 0 spiro atoms. The molecule has 3 fully saturated rings. The summed E-state index contributed by atoms with van der Waals surface area (Å²) < 4.78 is 85.4. The van der Waals surface area contributed by atoms with E-state index in [0.717, 1.165) is 54.9 Å². The number of piperidine rings is 2. The largest absolute Gasteiger partial charge is 0.490 e. The first-order valence-electron chi connectivity index (χ1n) is 15.0. The fraction of sp³-hybridized carbons (Fsp3) is 0.621. The molecule has 4 heterocycles. The van der Waals surface area contributed by atoms with Crippen LogP contribution in [0.15, 0.2) is 22.7 Å². The minimum absolute atomic E-state index is 0.167. The van der Waals surface area contributed by atoms with Crippen LogP contribution >= 0.6 is 0 Å². The van der Waals surface area contributed by atoms with Crippen molar-refractivity contribution in [2.75, 3.05) is 26.2 Å². The molecule has 2 bridgehead atoms. The number of likely N-dealkylation sites (tertiary alicyclic amines) is 1. The third-order valence-electron chi connectivity index (χ3n) is 8.56. The van der Waals surface area contributed by atoms with Crippen LogP contribution in [0, 0.1) is 17.7 Å². The Kier molecular flexibility index (Phi) is 11.1. The first-order chi connectivity index (χ1) is 22.0. The van der Waals surface area contributed by atoms with E-state index in [1.165, 1.54) is 43.1 Å². The number of hydrogen-bond donors (Lipinski definition) is 3. The van der Waals surface area contributed by atoms with E-state index < -0.39 is 24.3 Å². The summed E-state index contributed by atoms with van der Waals surface area (Å²) >= 11 is 0. The van der Waals surface area contributed by atoms with Gasteiger partial charge in [-0.2, -0.15) is 41.1 Å². The Morgan fingerprint density at radius 1 is 0.957 bits per heavy atom. The Labute approximate surface area is 264 Å². The van der Waals surface area contributed by atoms with Crippen molar-refractivity contribution in [1.29, 1.82) is 0 Å². The van der Waals surface area contributed by atoms with E-state index in [-0.39, 0.29) is 17.7 Å². The third kappa shape index (κ3) is 8.57. The number of halogens is 7. The minimum atomic E-state index is -5.08. The molecule has 18 heteroatoms. The van der Waals surface area contributed by atoms with Crippen LogP contribution in [0.4, 0.5) is 30.7 Å². The number of rotatable bonds is 4. The predicted molar refractivity (Wildman–Crippen MR) is 151 cm³/mol. The summed E-state index contributed by atoms with van der Waals surface area (Å²) in [6.07, 6.45) is -4.02. The molecule has 1 aromatic carbocycles. The van der Waals surface area contributed by atoms with Crippen LogP contribution in [0.3, 0.4) is 0 Å². The molecule has 2 aliphatic heterocycles. The molecule has 6 rings (SSSR count). The fourth-order valence-electron chi connectivity index (χ4n) is 6.51. The monoisotopic (exact) mass is 680 g/mol. The van der Waals surface area contributed by atoms with Crippen molar-refractivity contribution in [3.05, 3.63) is 35.6 Å². The van der Waals surface area contributed by atoms with Crippen LogP contribution in [0.25, 0.3) is 16.9 Å². The zero-order valence-electron chi connectivity index (χ0n) is 25.5. The Morgan fingerprint density at radius 2 is 1.51 bits per heavy atom. The molecule has 3 aliphatic rings. The topological polar surface area (TPSA) is 147 Å². The van der Waals surface area contributed by atoms with Gasteiger partial charge in [0.25, 0.3) is 5.95 Å². The highest BCUT2D eigenvalue weighted by Gasteiger charge is 2.42. The highest BCUT2D eigenvalue weighted by atomic mass is 19.4. The maximum absolute atomic E-state index is 14.7. The maximum atomic E-state index is 14.7. The fourth-order valence-corrected chi connectivity index (χ4v) is 6.51. The van der Waals surface area contributed by atoms with Gasteiger partial charge in [0, 0.05) is 17.3 Å². The summed E-state index contributed by atoms with van der Waals surface area (Å²) in [6.45, 7) is 8.61. The van der Waals surface area contributed by atoms with Gasteiger partial charge in [-0.05, 0) is 80.8 Å². The average molecular weight is 681 g/mol. The highest BCUT2D eigenvalue weighted by molar-refractivity contribution is 5.84. The van der Waals surface area contributed by atoms with Crippen LogP contribution in [0.2, 0.25) is 0 Å². The van der Waals surface area contributed by atoms with Gasteiger partial charge in [0.05, 0.1) is 5.69 Å². The first-order valence-corrected chi connectivity index (χ1v) is 15.0. The Hall–Kier alpha value is -3.80. The lowest BCUT2D eigenvalue weighted by Crippen LogP contribution is -2.58. The zero-order chi connectivity index (χ0) is 34.7. The number of hydrogen-bond acceptors (Lipinski definition) is 8. The lowest BCUT2D eigenvalue weighted by molar-refractivity contribution is -0.193. The SMILES string of the molecule is CC(C)c1nn(-c2noc(C3CCN(C4C5CCCC4CNC5)CC3)n2)c2c(F)cccc12.O=C(O)C(F)(F)F.O=C(O)C(F)(F)F. The second-order valence-electron chi connectivity index (χ2n) is 12.0. The molecule has 2 unspecified atom stereocenters. The molecule has 47 heavy (non-hydrogen) atoms. The molecule has 3 N–H and O–H groups in total. The number of nitrogens with zero attached hydrogens (tertiary/aromatic N) is 5. The van der Waals surface area contributed by atoms with Gasteiger partial charge in [-0.25, -0.2) is 14.0 Å². The van der Waals surface area contributed by atoms with Crippen molar-refractivity contribution < 1.29 is 55.1 Å². The molecule has 1 aliphatic carbocycles. The van der Waals surface area contributed by atoms with Crippen molar-refractivity contribution in [3.63, 3.8) is 0 Å². The number of carboxylic acid groups (broad SMARTS) is 2. The van der Waals surface area contributed by atoms with E-state index in [1.807, 2.05) is 6.07 Å². The van der Waals surface area contributed by atoms with Crippen molar-refractivity contribution in [3.8, 4) is 5.95 Å². The van der Waals surface area contributed by atoms with Gasteiger partial charge in [-0.3, -0.25) is 4.90 Å². The quantitative estimate of drug-likeness (QED) is 0.302. The van der Waals surface area contributed by atoms with Crippen LogP contribution in [-0.4, -0.2) is 91.5 Å². The standard InChI is InChI=1S/C25H33FN6O.2C2HF3O2/c1-15(2)21-19-7-4-8-20(26)23(19)32(29-21)25-28-24(33-30-25)16-9-11-31(12-10-16)22-17-5-3-6-18(22)14-27-13-17;2*3-2(4,5)1(6)7/h4,7-8,15-18,22,27H,3,5-6,9-14H2,1-2H3;2*(H,6,7). The first kappa shape index (κ1) is 36.0. The second-order valence-corrected chi connectivity index (χ2v) is 12.0. The number of nitrogens with one attached hydrogen (secondary N) is 1. The average Bonchev–Trinajstić information content (AvgIpc) is 3.63. The predicted octanol–water partition coefficient (Wildman–Crippen LogP) is 5.51. The second kappa shape index (κ2) is 14.5. The van der Waals surface area contributed by atoms with E-state index in [4.69, 9.17) is 29.3 Å². The summed E-state index contributed by atoms with van der Waals surface area (Å²) in [5.41, 5.74) is 1.26. The number of aromatic nitrogens is 4. The molecule has 3 aromatic rings. The van der Waals surface area contributed by atoms with Gasteiger partial charge < -0.3 is 20.1 Å². The summed E-state index contributed by atoms with van der Waals surface area (Å²) in [7, 11) is 0. The van der Waals surface area contributed by atoms with E-state index in [2.05, 4.69) is 34.3 Å². The molecule has 11 nitrogen and oxygen atoms in total. The number of benzene rings is 1. The van der Waals surface area contributed by atoms with E-state index >= 15 is 0 Å². The van der Waals surface area contributed by atoms with Gasteiger partial charge in [0.1, 0.15) is 11.3 Å². The third-order valence-corrected chi connectivity index (χ3v) is 8.56. The summed E-state index contributed by atoms with van der Waals surface area (Å²) in [6, 6.07) is 5.82. The van der Waals surface area contributed by atoms with Crippen LogP contribution < -0.4 is 5.32 Å². The van der Waals surface area contributed by atoms with Gasteiger partial charge in [-0.15, -0.1) is 0 Å². The molecule has 2 saturated heterocycles. The number of aliphatic carboxylic acids is 2. The maximum Gasteiger partial charge on any atom is 0.490 e. The van der Waals surface area contributed by atoms with Crippen LogP contribution in [0.5, 0.6) is 0 Å². The van der Waals surface area contributed by atoms with Crippen molar-refractivity contribution in [2.45, 2.75) is 76.2 Å². The van der Waals surface area contributed by atoms with Gasteiger partial charge in [-0.1, -0.05) is 32.4 Å². The number of carboxylic acids is 2. The van der Waals surface area contributed by atoms with Crippen molar-refractivity contribution in [2.24, 2.45) is 11.8 Å². The Morgan fingerprint density at radius 3 is 2.02 bits per heavy atom. The molecule has 260 valence electrons. The smallest absolute Gasteiger partial charge is 0.475 e. The number of fused-ring (bicyclic) bond motifs is 3. The molecule has 0 radical (unpaired) electrons. The van der Waals surface area contributed by atoms with Gasteiger partial charge >= 0.3 is 24.3 Å². The normalized spacial score (nSPS) is 22.3. The molecular weight excluding hydrogens is 645 g/mol. The van der Waals surface area contributed by atoms with Crippen LogP contribution in [-0.2, 0) is 9.59 Å². The minimum Gasteiger partial charge on any atom is -0.475 e. The van der Waals surface area contributed by atoms with Crippen molar-refractivity contribution >= 4 is 22.8 Å². The molecule has 0 amide bonds. The Balaban J connectivity index is 0.000000301. The molecule has 2 aromatic heterocycles. The summed E-state index contributed by atoms with van der Waals surface area (Å²) in [5, 5.41) is 27.6. The number of para-hydroxylation sites is 1. The number of carbonyl (C=O) groups is 2. The van der Waals surface area contributed by atoms with Crippen LogP contribution in [0.1, 0.15) is 69.4 Å². The summed E-state index contributed by atoms with van der Waals surface area (Å²) in [4.78, 5) is 25.2. The lowest BCUT2D eigenvalue weighted by atomic mass is 9.73. The lowest BCUT2D eigenvalue weighted by Gasteiger charge is -2.50. The molecular formula is C29H35F7N6O5. The summed E-state index contributed by atoms with van der Waals surface area (Å²) in [5.74, 6) is -2.85. The highest BCUT2D eigenvalue weighted by Crippen LogP contribution is 2.38. The molecule has 1 saturated carbocycles.